The molecule has 3 fully saturated rings. The third kappa shape index (κ3) is 3.12. The molecule has 0 aliphatic heterocycles. The Morgan fingerprint density at radius 1 is 0.935 bits per heavy atom. The van der Waals surface area contributed by atoms with E-state index in [1.165, 1.54) is 67.7 Å². The molecular weight excluding hydrogens is 376 g/mol. The van der Waals surface area contributed by atoms with E-state index in [0.29, 0.717) is 5.41 Å². The van der Waals surface area contributed by atoms with Gasteiger partial charge in [0.25, 0.3) is 0 Å². The molecule has 0 bridgehead atoms. The van der Waals surface area contributed by atoms with Gasteiger partial charge in [-0.25, -0.2) is 0 Å². The summed E-state index contributed by atoms with van der Waals surface area (Å²) in [6, 6.07) is 10.0. The van der Waals surface area contributed by atoms with Crippen LogP contribution in [0.15, 0.2) is 42.7 Å². The van der Waals surface area contributed by atoms with E-state index >= 15 is 0 Å². The van der Waals surface area contributed by atoms with Crippen molar-refractivity contribution in [2.45, 2.75) is 64.3 Å². The molecule has 2 nitrogen and oxygen atoms in total. The minimum atomic E-state index is 0.371. The van der Waals surface area contributed by atoms with Gasteiger partial charge in [0.05, 0.1) is 0 Å². The van der Waals surface area contributed by atoms with Gasteiger partial charge in [-0.2, -0.15) is 0 Å². The molecule has 0 saturated heterocycles. The molecule has 2 heteroatoms. The maximum Gasteiger partial charge on any atom is 0.0346 e. The fraction of sp³-hybridized carbons (Fsp3) is 0.621. The van der Waals surface area contributed by atoms with E-state index in [2.05, 4.69) is 61.2 Å². The van der Waals surface area contributed by atoms with Crippen LogP contribution in [0.4, 0.5) is 0 Å². The van der Waals surface area contributed by atoms with Crippen LogP contribution < -0.4 is 0 Å². The molecular formula is C29H38N2. The van der Waals surface area contributed by atoms with Crippen LogP contribution in [-0.4, -0.2) is 30.0 Å². The number of hydrogen-bond donors (Lipinski definition) is 0. The van der Waals surface area contributed by atoms with Crippen molar-refractivity contribution in [3.05, 3.63) is 48.3 Å². The van der Waals surface area contributed by atoms with Gasteiger partial charge >= 0.3 is 0 Å². The molecule has 31 heavy (non-hydrogen) atoms. The number of rotatable bonds is 2. The van der Waals surface area contributed by atoms with Crippen LogP contribution in [0.25, 0.3) is 16.3 Å². The van der Waals surface area contributed by atoms with Gasteiger partial charge in [0.1, 0.15) is 0 Å². The first kappa shape index (κ1) is 20.0. The summed E-state index contributed by atoms with van der Waals surface area (Å²) in [5.41, 5.74) is 3.48. The van der Waals surface area contributed by atoms with Crippen molar-refractivity contribution in [1.29, 1.82) is 0 Å². The third-order valence-electron chi connectivity index (χ3n) is 10.2. The smallest absolute Gasteiger partial charge is 0.0346 e. The maximum absolute atomic E-state index is 4.29. The van der Waals surface area contributed by atoms with Crippen LogP contribution in [0.5, 0.6) is 0 Å². The summed E-state index contributed by atoms with van der Waals surface area (Å²) in [5.74, 6) is 4.82. The normalized spacial score (nSPS) is 39.7. The number of fused-ring (bicyclic) bond motifs is 6. The molecule has 4 aliphatic carbocycles. The minimum Gasteiger partial charge on any atom is -0.306 e. The largest absolute Gasteiger partial charge is 0.306 e. The topological polar surface area (TPSA) is 16.1 Å². The van der Waals surface area contributed by atoms with E-state index in [-0.39, 0.29) is 0 Å². The quantitative estimate of drug-likeness (QED) is 0.536. The Balaban J connectivity index is 1.25. The molecule has 6 rings (SSSR count). The summed E-state index contributed by atoms with van der Waals surface area (Å²) >= 11 is 0. The van der Waals surface area contributed by atoms with Gasteiger partial charge in [-0.3, -0.25) is 4.98 Å². The van der Waals surface area contributed by atoms with Crippen molar-refractivity contribution in [2.24, 2.45) is 35.0 Å². The predicted molar refractivity (Wildman–Crippen MR) is 130 cm³/mol. The molecule has 1 aromatic carbocycles. The van der Waals surface area contributed by atoms with E-state index < -0.39 is 0 Å². The Hall–Kier alpha value is -1.67. The van der Waals surface area contributed by atoms with Crippen molar-refractivity contribution in [2.75, 3.05) is 14.1 Å². The molecule has 3 saturated carbocycles. The fourth-order valence-corrected chi connectivity index (χ4v) is 8.56. The fourth-order valence-electron chi connectivity index (χ4n) is 8.56. The second-order valence-electron chi connectivity index (χ2n) is 11.6. The zero-order chi connectivity index (χ0) is 21.2. The first-order valence-electron chi connectivity index (χ1n) is 12.8. The molecule has 0 amide bonds. The highest BCUT2D eigenvalue weighted by Crippen LogP contribution is 2.64. The lowest BCUT2D eigenvalue weighted by Gasteiger charge is -2.56. The SMILES string of the molecule is CN(C)[C@H]1CC[C@H]2[C@@H](CC[C@@H]3[C@@H]2CC[C@]2(C)C(c4ccc5cnccc5c4)=CC[C@@H]32)C1. The summed E-state index contributed by atoms with van der Waals surface area (Å²) < 4.78 is 0. The number of allylic oxidation sites excluding steroid dienone is 2. The zero-order valence-electron chi connectivity index (χ0n) is 19.6. The van der Waals surface area contributed by atoms with E-state index in [0.717, 1.165) is 35.6 Å². The lowest BCUT2D eigenvalue weighted by molar-refractivity contribution is -0.0482. The standard InChI is InChI=1S/C29H38N2/c1-29-14-12-25-24-9-7-23(31(2)3)17-20(24)6-8-26(25)28(29)11-10-27(29)21-4-5-22-18-30-15-13-19(22)16-21/h4-5,10,13,15-16,18,20,23-26,28H,6-9,11-12,14,17H2,1-3H3/t20-,23-,24-,25+,26+,28-,29+/m0/s1. The van der Waals surface area contributed by atoms with Crippen LogP contribution >= 0.6 is 0 Å². The Kier molecular flexibility index (Phi) is 4.79. The Morgan fingerprint density at radius 2 is 1.81 bits per heavy atom. The Morgan fingerprint density at radius 3 is 2.68 bits per heavy atom. The second kappa shape index (κ2) is 7.44. The van der Waals surface area contributed by atoms with Crippen LogP contribution in [0.2, 0.25) is 0 Å². The average Bonchev–Trinajstić information content (AvgIpc) is 3.15. The van der Waals surface area contributed by atoms with Gasteiger partial charge in [-0.15, -0.1) is 0 Å². The summed E-state index contributed by atoms with van der Waals surface area (Å²) in [6.45, 7) is 2.61. The second-order valence-corrected chi connectivity index (χ2v) is 11.6. The van der Waals surface area contributed by atoms with Crippen LogP contribution in [0, 0.1) is 35.0 Å². The highest BCUT2D eigenvalue weighted by molar-refractivity contribution is 5.86. The minimum absolute atomic E-state index is 0.371. The molecule has 0 unspecified atom stereocenters. The van der Waals surface area contributed by atoms with Gasteiger partial charge in [-0.05, 0) is 129 Å². The number of pyridine rings is 1. The van der Waals surface area contributed by atoms with E-state index in [9.17, 15) is 0 Å². The number of benzene rings is 1. The van der Waals surface area contributed by atoms with Gasteiger partial charge in [0.15, 0.2) is 0 Å². The number of aromatic nitrogens is 1. The monoisotopic (exact) mass is 414 g/mol. The summed E-state index contributed by atoms with van der Waals surface area (Å²) in [7, 11) is 4.58. The first-order valence-corrected chi connectivity index (χ1v) is 12.8. The molecule has 1 heterocycles. The van der Waals surface area contributed by atoms with Crippen LogP contribution in [0.3, 0.4) is 0 Å². The van der Waals surface area contributed by atoms with Crippen molar-refractivity contribution in [1.82, 2.24) is 9.88 Å². The number of hydrogen-bond acceptors (Lipinski definition) is 2. The molecule has 2 aromatic rings. The Bertz CT molecular complexity index is 1010. The van der Waals surface area contributed by atoms with Gasteiger partial charge in [0.2, 0.25) is 0 Å². The van der Waals surface area contributed by atoms with Crippen molar-refractivity contribution in [3.8, 4) is 0 Å². The molecule has 7 atom stereocenters. The Labute approximate surface area is 188 Å². The molecule has 1 aromatic heterocycles. The highest BCUT2D eigenvalue weighted by Gasteiger charge is 2.54. The first-order chi connectivity index (χ1) is 15.0. The van der Waals surface area contributed by atoms with Gasteiger partial charge in [-0.1, -0.05) is 25.1 Å². The van der Waals surface area contributed by atoms with Crippen molar-refractivity contribution in [3.63, 3.8) is 0 Å². The maximum atomic E-state index is 4.29. The molecule has 0 radical (unpaired) electrons. The van der Waals surface area contributed by atoms with Gasteiger partial charge < -0.3 is 4.90 Å². The van der Waals surface area contributed by atoms with Gasteiger partial charge in [0, 0.05) is 23.8 Å². The molecule has 0 N–H and O–H groups in total. The lowest BCUT2D eigenvalue weighted by atomic mass is 9.49. The summed E-state index contributed by atoms with van der Waals surface area (Å²) in [6.07, 6.45) is 18.0. The summed E-state index contributed by atoms with van der Waals surface area (Å²) in [4.78, 5) is 6.79. The molecule has 0 spiro atoms. The zero-order valence-corrected chi connectivity index (χ0v) is 19.6. The van der Waals surface area contributed by atoms with Crippen LogP contribution in [0.1, 0.15) is 63.9 Å². The third-order valence-corrected chi connectivity index (χ3v) is 10.2. The number of nitrogens with zero attached hydrogens (tertiary/aromatic N) is 2. The van der Waals surface area contributed by atoms with Crippen molar-refractivity contribution < 1.29 is 0 Å². The molecule has 4 aliphatic rings. The van der Waals surface area contributed by atoms with Crippen molar-refractivity contribution >= 4 is 16.3 Å². The predicted octanol–water partition coefficient (Wildman–Crippen LogP) is 6.81. The van der Waals surface area contributed by atoms with E-state index in [1.807, 2.05) is 12.4 Å². The molecule has 164 valence electrons. The summed E-state index contributed by atoms with van der Waals surface area (Å²) in [5, 5.41) is 2.58. The van der Waals surface area contributed by atoms with E-state index in [1.54, 1.807) is 5.57 Å². The lowest BCUT2D eigenvalue weighted by Crippen LogP contribution is -2.49. The van der Waals surface area contributed by atoms with Crippen LogP contribution in [-0.2, 0) is 0 Å². The highest BCUT2D eigenvalue weighted by atomic mass is 15.1. The van der Waals surface area contributed by atoms with E-state index in [4.69, 9.17) is 0 Å². The average molecular weight is 415 g/mol.